The summed E-state index contributed by atoms with van der Waals surface area (Å²) < 4.78 is 40.4. The lowest BCUT2D eigenvalue weighted by molar-refractivity contribution is -0.215. The lowest BCUT2D eigenvalue weighted by atomic mass is 9.83. The summed E-state index contributed by atoms with van der Waals surface area (Å²) in [4.78, 5) is 0.277. The number of rotatable bonds is 4. The van der Waals surface area contributed by atoms with Crippen molar-refractivity contribution in [2.45, 2.75) is 36.5 Å². The van der Waals surface area contributed by atoms with Crippen LogP contribution in [0.1, 0.15) is 31.4 Å². The molecule has 2 fully saturated rings. The third-order valence-electron chi connectivity index (χ3n) is 6.37. The number of hydrogen-bond donors (Lipinski definition) is 1. The summed E-state index contributed by atoms with van der Waals surface area (Å²) in [5.41, 5.74) is 1.64. The van der Waals surface area contributed by atoms with Crippen molar-refractivity contribution >= 4 is 20.9 Å². The van der Waals surface area contributed by atoms with Gasteiger partial charge in [0.1, 0.15) is 0 Å². The zero-order chi connectivity index (χ0) is 20.8. The molecule has 1 N–H and O–H groups in total. The topological polar surface area (TPSA) is 69.6 Å². The van der Waals surface area contributed by atoms with E-state index < -0.39 is 15.8 Å². The highest BCUT2D eigenvalue weighted by Gasteiger charge is 2.48. The molecule has 2 atom stereocenters. The normalized spacial score (nSPS) is 23.9. The summed E-state index contributed by atoms with van der Waals surface area (Å²) in [6, 6.07) is 16.2. The monoisotopic (exact) mass is 426 g/mol. The molecule has 0 aliphatic carbocycles. The Morgan fingerprint density at radius 1 is 1.07 bits per heavy atom. The Balaban J connectivity index is 1.60. The molecule has 5 rings (SSSR count). The molecular formula is C23H26N2O4S. The van der Waals surface area contributed by atoms with Crippen LogP contribution in [0.5, 0.6) is 0 Å². The minimum absolute atomic E-state index is 0.0528. The average molecular weight is 427 g/mol. The van der Waals surface area contributed by atoms with Crippen molar-refractivity contribution in [1.82, 2.24) is 9.29 Å². The first kappa shape index (κ1) is 19.8. The van der Waals surface area contributed by atoms with Crippen molar-refractivity contribution in [2.24, 2.45) is 5.92 Å². The van der Waals surface area contributed by atoms with Crippen LogP contribution in [0.2, 0.25) is 0 Å². The first-order valence-corrected chi connectivity index (χ1v) is 11.9. The summed E-state index contributed by atoms with van der Waals surface area (Å²) in [5.74, 6) is -0.315. The second-order valence-electron chi connectivity index (χ2n) is 7.99. The zero-order valence-electron chi connectivity index (χ0n) is 17.0. The Bertz CT molecular complexity index is 1150. The Kier molecular flexibility index (Phi) is 4.94. The van der Waals surface area contributed by atoms with Crippen LogP contribution < -0.4 is 5.32 Å². The standard InChI is InChI=1S/C23H26N2O4S/c1-2-17-15-24-21(14-23(17)28-12-13-29-23)20-16-25(22-11-7-6-10-19(20)22)30(26,27)18-8-4-3-5-9-18/h3-11,16-17,21,24H,2,12-15H2,1H3/t17-,21-/m0/s1. The summed E-state index contributed by atoms with van der Waals surface area (Å²) >= 11 is 0. The van der Waals surface area contributed by atoms with E-state index in [9.17, 15) is 8.42 Å². The molecule has 3 heterocycles. The second kappa shape index (κ2) is 7.50. The highest BCUT2D eigenvalue weighted by molar-refractivity contribution is 7.90. The van der Waals surface area contributed by atoms with Crippen molar-refractivity contribution in [1.29, 1.82) is 0 Å². The fourth-order valence-corrected chi connectivity index (χ4v) is 6.22. The van der Waals surface area contributed by atoms with Gasteiger partial charge in [-0.1, -0.05) is 43.3 Å². The molecule has 0 amide bonds. The van der Waals surface area contributed by atoms with E-state index in [-0.39, 0.29) is 16.9 Å². The molecule has 158 valence electrons. The van der Waals surface area contributed by atoms with Gasteiger partial charge in [-0.25, -0.2) is 12.4 Å². The van der Waals surface area contributed by atoms with E-state index >= 15 is 0 Å². The zero-order valence-corrected chi connectivity index (χ0v) is 17.8. The minimum Gasteiger partial charge on any atom is -0.347 e. The number of nitrogens with one attached hydrogen (secondary N) is 1. The van der Waals surface area contributed by atoms with Gasteiger partial charge in [-0.05, 0) is 30.2 Å². The van der Waals surface area contributed by atoms with E-state index in [2.05, 4.69) is 12.2 Å². The summed E-state index contributed by atoms with van der Waals surface area (Å²) in [7, 11) is -3.70. The molecule has 6 nitrogen and oxygen atoms in total. The highest BCUT2D eigenvalue weighted by atomic mass is 32.2. The highest BCUT2D eigenvalue weighted by Crippen LogP contribution is 2.43. The van der Waals surface area contributed by atoms with Gasteiger partial charge in [-0.2, -0.15) is 0 Å². The van der Waals surface area contributed by atoms with Crippen LogP contribution in [-0.4, -0.2) is 37.9 Å². The fraction of sp³-hybridized carbons (Fsp3) is 0.391. The number of ether oxygens (including phenoxy) is 2. The first-order valence-electron chi connectivity index (χ1n) is 10.5. The number of benzene rings is 2. The molecule has 0 radical (unpaired) electrons. The molecule has 1 spiro atoms. The molecule has 7 heteroatoms. The van der Waals surface area contributed by atoms with E-state index in [1.807, 2.05) is 30.3 Å². The Hall–Kier alpha value is -2.19. The third-order valence-corrected chi connectivity index (χ3v) is 8.06. The van der Waals surface area contributed by atoms with E-state index in [1.54, 1.807) is 30.5 Å². The van der Waals surface area contributed by atoms with Crippen LogP contribution in [0.4, 0.5) is 0 Å². The third kappa shape index (κ3) is 3.08. The van der Waals surface area contributed by atoms with Gasteiger partial charge in [0.15, 0.2) is 5.79 Å². The van der Waals surface area contributed by atoms with Gasteiger partial charge in [-0.15, -0.1) is 0 Å². The molecule has 2 aliphatic heterocycles. The maximum absolute atomic E-state index is 13.4. The Labute approximate surface area is 176 Å². The summed E-state index contributed by atoms with van der Waals surface area (Å²) in [5, 5.41) is 4.54. The number of nitrogens with zero attached hydrogens (tertiary/aromatic N) is 1. The lowest BCUT2D eigenvalue weighted by Gasteiger charge is -2.43. The summed E-state index contributed by atoms with van der Waals surface area (Å²) in [6.07, 6.45) is 3.38. The van der Waals surface area contributed by atoms with Crippen LogP contribution in [0.25, 0.3) is 10.9 Å². The van der Waals surface area contributed by atoms with Crippen molar-refractivity contribution in [3.8, 4) is 0 Å². The van der Waals surface area contributed by atoms with E-state index in [4.69, 9.17) is 9.47 Å². The van der Waals surface area contributed by atoms with Crippen LogP contribution in [0, 0.1) is 5.92 Å². The van der Waals surface area contributed by atoms with E-state index in [0.717, 1.165) is 23.9 Å². The van der Waals surface area contributed by atoms with Crippen LogP contribution in [0.15, 0.2) is 65.7 Å². The van der Waals surface area contributed by atoms with Gasteiger partial charge in [-0.3, -0.25) is 0 Å². The SMILES string of the molecule is CC[C@H]1CN[C@H](c2cn(S(=O)(=O)c3ccccc3)c3ccccc23)CC12OCCO2. The maximum atomic E-state index is 13.4. The van der Waals surface area contributed by atoms with Crippen molar-refractivity contribution in [3.63, 3.8) is 0 Å². The molecule has 0 unspecified atom stereocenters. The van der Waals surface area contributed by atoms with Gasteiger partial charge >= 0.3 is 0 Å². The van der Waals surface area contributed by atoms with Gasteiger partial charge in [0.2, 0.25) is 0 Å². The van der Waals surface area contributed by atoms with Crippen LogP contribution in [-0.2, 0) is 19.5 Å². The predicted octanol–water partition coefficient (Wildman–Crippen LogP) is 3.68. The molecule has 30 heavy (non-hydrogen) atoms. The molecular weight excluding hydrogens is 400 g/mol. The fourth-order valence-electron chi connectivity index (χ4n) is 4.82. The van der Waals surface area contributed by atoms with Gasteiger partial charge in [0.05, 0.1) is 23.6 Å². The second-order valence-corrected chi connectivity index (χ2v) is 9.81. The predicted molar refractivity (Wildman–Crippen MR) is 115 cm³/mol. The largest absolute Gasteiger partial charge is 0.347 e. The first-order chi connectivity index (χ1) is 14.5. The molecule has 2 saturated heterocycles. The van der Waals surface area contributed by atoms with Crippen molar-refractivity contribution in [3.05, 3.63) is 66.4 Å². The number of hydrogen-bond acceptors (Lipinski definition) is 5. The number of piperidine rings is 1. The van der Waals surface area contributed by atoms with E-state index in [0.29, 0.717) is 25.2 Å². The molecule has 2 aliphatic rings. The van der Waals surface area contributed by atoms with Gasteiger partial charge < -0.3 is 14.8 Å². The lowest BCUT2D eigenvalue weighted by Crippen LogP contribution is -2.52. The smallest absolute Gasteiger partial charge is 0.268 e. The van der Waals surface area contributed by atoms with E-state index in [1.165, 1.54) is 3.97 Å². The number of para-hydroxylation sites is 1. The van der Waals surface area contributed by atoms with Gasteiger partial charge in [0.25, 0.3) is 10.0 Å². The molecule has 3 aromatic rings. The quantitative estimate of drug-likeness (QED) is 0.689. The molecule has 2 aromatic carbocycles. The number of aromatic nitrogens is 1. The average Bonchev–Trinajstić information content (AvgIpc) is 3.40. The molecule has 0 bridgehead atoms. The Morgan fingerprint density at radius 2 is 1.77 bits per heavy atom. The Morgan fingerprint density at radius 3 is 2.50 bits per heavy atom. The minimum atomic E-state index is -3.70. The van der Waals surface area contributed by atoms with Crippen LogP contribution >= 0.6 is 0 Å². The molecule has 0 saturated carbocycles. The number of fused-ring (bicyclic) bond motifs is 1. The maximum Gasteiger partial charge on any atom is 0.268 e. The van der Waals surface area contributed by atoms with Crippen molar-refractivity contribution in [2.75, 3.05) is 19.8 Å². The molecule has 1 aromatic heterocycles. The van der Waals surface area contributed by atoms with Crippen molar-refractivity contribution < 1.29 is 17.9 Å². The van der Waals surface area contributed by atoms with Crippen LogP contribution in [0.3, 0.4) is 0 Å². The summed E-state index contributed by atoms with van der Waals surface area (Å²) in [6.45, 7) is 4.13. The van der Waals surface area contributed by atoms with Gasteiger partial charge in [0, 0.05) is 36.5 Å².